The molecule has 2 heterocycles. The zero-order valence-corrected chi connectivity index (χ0v) is 11.8. The number of rotatable bonds is 4. The molecule has 3 rings (SSSR count). The standard InChI is InChI=1S/C14H22N2O4/c17-13(16-4-6-19-7-5-16)10-15-3-8-20-12(9-15)14(18)11-1-2-11/h11-12H,1-10H2/t12-/m0/s1. The molecule has 0 N–H and O–H groups in total. The first-order valence-electron chi connectivity index (χ1n) is 7.47. The third-order valence-corrected chi connectivity index (χ3v) is 4.17. The summed E-state index contributed by atoms with van der Waals surface area (Å²) in [5, 5.41) is 0. The molecule has 20 heavy (non-hydrogen) atoms. The lowest BCUT2D eigenvalue weighted by Crippen LogP contribution is -2.51. The van der Waals surface area contributed by atoms with Gasteiger partial charge in [-0.3, -0.25) is 14.5 Å². The Hall–Kier alpha value is -0.980. The molecule has 0 aromatic heterocycles. The van der Waals surface area contributed by atoms with Gasteiger partial charge in [-0.1, -0.05) is 0 Å². The summed E-state index contributed by atoms with van der Waals surface area (Å²) in [6, 6.07) is 0. The van der Waals surface area contributed by atoms with E-state index in [-0.39, 0.29) is 23.7 Å². The number of Topliss-reactive ketones (excluding diaryl/α,β-unsaturated/α-hetero) is 1. The normalized spacial score (nSPS) is 28.4. The largest absolute Gasteiger partial charge is 0.378 e. The Bertz CT molecular complexity index is 377. The first-order valence-corrected chi connectivity index (χ1v) is 7.47. The minimum absolute atomic E-state index is 0.132. The molecule has 6 nitrogen and oxygen atoms in total. The van der Waals surface area contributed by atoms with Crippen molar-refractivity contribution in [1.82, 2.24) is 9.80 Å². The summed E-state index contributed by atoms with van der Waals surface area (Å²) in [5.74, 6) is 0.580. The number of morpholine rings is 2. The Morgan fingerprint density at radius 3 is 2.50 bits per heavy atom. The van der Waals surface area contributed by atoms with Crippen LogP contribution in [-0.4, -0.2) is 80.1 Å². The molecule has 3 aliphatic rings. The zero-order valence-electron chi connectivity index (χ0n) is 11.8. The third-order valence-electron chi connectivity index (χ3n) is 4.17. The monoisotopic (exact) mass is 282 g/mol. The second kappa shape index (κ2) is 6.20. The van der Waals surface area contributed by atoms with Crippen molar-refractivity contribution in [1.29, 1.82) is 0 Å². The van der Waals surface area contributed by atoms with Gasteiger partial charge in [-0.2, -0.15) is 0 Å². The van der Waals surface area contributed by atoms with E-state index in [1.54, 1.807) is 0 Å². The topological polar surface area (TPSA) is 59.1 Å². The van der Waals surface area contributed by atoms with E-state index in [2.05, 4.69) is 0 Å². The summed E-state index contributed by atoms with van der Waals surface area (Å²) in [6.07, 6.45) is 1.69. The molecule has 3 fully saturated rings. The first kappa shape index (κ1) is 14.0. The number of carbonyl (C=O) groups is 2. The van der Waals surface area contributed by atoms with Crippen LogP contribution >= 0.6 is 0 Å². The first-order chi connectivity index (χ1) is 9.74. The molecule has 0 radical (unpaired) electrons. The van der Waals surface area contributed by atoms with E-state index in [0.717, 1.165) is 19.4 Å². The van der Waals surface area contributed by atoms with Crippen LogP contribution < -0.4 is 0 Å². The molecule has 1 saturated carbocycles. The van der Waals surface area contributed by atoms with Gasteiger partial charge in [0.1, 0.15) is 6.10 Å². The summed E-state index contributed by atoms with van der Waals surface area (Å²) >= 11 is 0. The Labute approximate surface area is 119 Å². The van der Waals surface area contributed by atoms with Gasteiger partial charge < -0.3 is 14.4 Å². The van der Waals surface area contributed by atoms with Crippen LogP contribution in [0, 0.1) is 5.92 Å². The number of ketones is 1. The number of hydrogen-bond acceptors (Lipinski definition) is 5. The van der Waals surface area contributed by atoms with E-state index in [0.29, 0.717) is 46.0 Å². The minimum atomic E-state index is -0.325. The SMILES string of the molecule is O=C(C1CC1)[C@@H]1CN(CC(=O)N2CCOCC2)CCO1. The van der Waals surface area contributed by atoms with Crippen LogP contribution in [0.1, 0.15) is 12.8 Å². The maximum atomic E-state index is 12.2. The Morgan fingerprint density at radius 2 is 1.80 bits per heavy atom. The van der Waals surface area contributed by atoms with Crippen molar-refractivity contribution in [2.24, 2.45) is 5.92 Å². The maximum Gasteiger partial charge on any atom is 0.236 e. The van der Waals surface area contributed by atoms with E-state index in [1.807, 2.05) is 9.80 Å². The smallest absolute Gasteiger partial charge is 0.236 e. The summed E-state index contributed by atoms with van der Waals surface area (Å²) in [7, 11) is 0. The Kier molecular flexibility index (Phi) is 4.33. The third kappa shape index (κ3) is 3.37. The van der Waals surface area contributed by atoms with Crippen molar-refractivity contribution in [2.45, 2.75) is 18.9 Å². The van der Waals surface area contributed by atoms with Crippen molar-refractivity contribution in [3.8, 4) is 0 Å². The number of ether oxygens (including phenoxy) is 2. The van der Waals surface area contributed by atoms with Crippen LogP contribution in [0.15, 0.2) is 0 Å². The van der Waals surface area contributed by atoms with Gasteiger partial charge in [0, 0.05) is 32.1 Å². The number of nitrogens with zero attached hydrogens (tertiary/aromatic N) is 2. The van der Waals surface area contributed by atoms with Crippen LogP contribution in [0.4, 0.5) is 0 Å². The molecule has 112 valence electrons. The highest BCUT2D eigenvalue weighted by Crippen LogP contribution is 2.32. The van der Waals surface area contributed by atoms with E-state index in [4.69, 9.17) is 9.47 Å². The quantitative estimate of drug-likeness (QED) is 0.697. The lowest BCUT2D eigenvalue weighted by atomic mass is 10.1. The van der Waals surface area contributed by atoms with E-state index in [1.165, 1.54) is 0 Å². The molecule has 0 spiro atoms. The van der Waals surface area contributed by atoms with Gasteiger partial charge in [0.15, 0.2) is 5.78 Å². The fraction of sp³-hybridized carbons (Fsp3) is 0.857. The highest BCUT2D eigenvalue weighted by Gasteiger charge is 2.37. The molecular weight excluding hydrogens is 260 g/mol. The van der Waals surface area contributed by atoms with Crippen LogP contribution in [0.2, 0.25) is 0 Å². The van der Waals surface area contributed by atoms with Crippen molar-refractivity contribution < 1.29 is 19.1 Å². The molecule has 0 bridgehead atoms. The van der Waals surface area contributed by atoms with Crippen molar-refractivity contribution >= 4 is 11.7 Å². The van der Waals surface area contributed by atoms with Gasteiger partial charge in [0.2, 0.25) is 5.91 Å². The van der Waals surface area contributed by atoms with Gasteiger partial charge >= 0.3 is 0 Å². The molecule has 0 aromatic rings. The van der Waals surface area contributed by atoms with Gasteiger partial charge in [-0.25, -0.2) is 0 Å². The van der Waals surface area contributed by atoms with E-state index >= 15 is 0 Å². The van der Waals surface area contributed by atoms with Crippen LogP contribution in [0.3, 0.4) is 0 Å². The van der Waals surface area contributed by atoms with Gasteiger partial charge in [0.05, 0.1) is 26.4 Å². The fourth-order valence-electron chi connectivity index (χ4n) is 2.75. The average molecular weight is 282 g/mol. The van der Waals surface area contributed by atoms with Crippen molar-refractivity contribution in [3.05, 3.63) is 0 Å². The molecule has 0 aromatic carbocycles. The fourth-order valence-corrected chi connectivity index (χ4v) is 2.75. The number of hydrogen-bond donors (Lipinski definition) is 0. The molecule has 6 heteroatoms. The zero-order chi connectivity index (χ0) is 13.9. The van der Waals surface area contributed by atoms with Crippen molar-refractivity contribution in [3.63, 3.8) is 0 Å². The number of amides is 1. The second-order valence-corrected chi connectivity index (χ2v) is 5.76. The number of carbonyl (C=O) groups excluding carboxylic acids is 2. The Balaban J connectivity index is 1.48. The summed E-state index contributed by atoms with van der Waals surface area (Å²) in [6.45, 7) is 4.81. The minimum Gasteiger partial charge on any atom is -0.378 e. The van der Waals surface area contributed by atoms with Crippen LogP contribution in [-0.2, 0) is 19.1 Å². The molecule has 0 unspecified atom stereocenters. The summed E-state index contributed by atoms with van der Waals surface area (Å²) < 4.78 is 10.8. The van der Waals surface area contributed by atoms with Crippen LogP contribution in [0.5, 0.6) is 0 Å². The molecule has 1 aliphatic carbocycles. The van der Waals surface area contributed by atoms with Gasteiger partial charge in [-0.15, -0.1) is 0 Å². The molecule has 1 amide bonds. The molecule has 1 atom stereocenters. The molecule has 2 aliphatic heterocycles. The molecular formula is C14H22N2O4. The van der Waals surface area contributed by atoms with Crippen LogP contribution in [0.25, 0.3) is 0 Å². The van der Waals surface area contributed by atoms with E-state index in [9.17, 15) is 9.59 Å². The highest BCUT2D eigenvalue weighted by atomic mass is 16.5. The van der Waals surface area contributed by atoms with Crippen molar-refractivity contribution in [2.75, 3.05) is 52.5 Å². The second-order valence-electron chi connectivity index (χ2n) is 5.76. The predicted octanol–water partition coefficient (Wildman–Crippen LogP) is -0.475. The van der Waals surface area contributed by atoms with Gasteiger partial charge in [0.25, 0.3) is 0 Å². The maximum absolute atomic E-state index is 12.2. The predicted molar refractivity (Wildman–Crippen MR) is 71.3 cm³/mol. The van der Waals surface area contributed by atoms with Gasteiger partial charge in [-0.05, 0) is 12.8 Å². The average Bonchev–Trinajstić information content (AvgIpc) is 3.32. The summed E-state index contributed by atoms with van der Waals surface area (Å²) in [5.41, 5.74) is 0. The summed E-state index contributed by atoms with van der Waals surface area (Å²) in [4.78, 5) is 28.1. The van der Waals surface area contributed by atoms with E-state index < -0.39 is 0 Å². The Morgan fingerprint density at radius 1 is 1.05 bits per heavy atom. The lowest BCUT2D eigenvalue weighted by molar-refractivity contribution is -0.144. The lowest BCUT2D eigenvalue weighted by Gasteiger charge is -2.34. The highest BCUT2D eigenvalue weighted by molar-refractivity contribution is 5.87. The molecule has 2 saturated heterocycles.